The van der Waals surface area contributed by atoms with Gasteiger partial charge in [-0.25, -0.2) is 9.97 Å². The van der Waals surface area contributed by atoms with E-state index in [-0.39, 0.29) is 0 Å². The van der Waals surface area contributed by atoms with Crippen molar-refractivity contribution in [1.29, 1.82) is 0 Å². The quantitative estimate of drug-likeness (QED) is 0.508. The van der Waals surface area contributed by atoms with Crippen LogP contribution in [0.25, 0.3) is 11.0 Å². The SMILES string of the molecule is CCCCNc1ncc2c(n1)c(C1CCCCC1)cn2C1CCC(CN2CCN(C)CC2)CC1. The molecule has 3 heterocycles. The molecular weight excluding hydrogens is 420 g/mol. The van der Waals surface area contributed by atoms with E-state index in [4.69, 9.17) is 9.97 Å². The Morgan fingerprint density at radius 1 is 0.971 bits per heavy atom. The first-order valence-corrected chi connectivity index (χ1v) is 14.2. The Balaban J connectivity index is 1.30. The Labute approximate surface area is 206 Å². The molecule has 188 valence electrons. The summed E-state index contributed by atoms with van der Waals surface area (Å²) in [6.45, 7) is 9.43. The second-order valence-electron chi connectivity index (χ2n) is 11.3. The largest absolute Gasteiger partial charge is 0.354 e. The number of unbranched alkanes of at least 4 members (excludes halogenated alkanes) is 1. The van der Waals surface area contributed by atoms with Crippen LogP contribution >= 0.6 is 0 Å². The normalized spacial score (nSPS) is 25.7. The van der Waals surface area contributed by atoms with Crippen LogP contribution in [0.3, 0.4) is 0 Å². The first kappa shape index (κ1) is 24.1. The van der Waals surface area contributed by atoms with Gasteiger partial charge in [-0.15, -0.1) is 0 Å². The lowest BCUT2D eigenvalue weighted by Crippen LogP contribution is -2.46. The fourth-order valence-electron chi connectivity index (χ4n) is 6.54. The highest BCUT2D eigenvalue weighted by Gasteiger charge is 2.28. The summed E-state index contributed by atoms with van der Waals surface area (Å²) in [5.41, 5.74) is 3.99. The summed E-state index contributed by atoms with van der Waals surface area (Å²) in [6.07, 6.45) is 19.0. The Hall–Kier alpha value is -1.66. The van der Waals surface area contributed by atoms with E-state index < -0.39 is 0 Å². The van der Waals surface area contributed by atoms with Crippen molar-refractivity contribution in [3.05, 3.63) is 18.0 Å². The standard InChI is InChI=1S/C28H46N6/c1-3-4-14-29-28-30-19-26-27(31-28)25(23-8-6-5-7-9-23)21-34(26)24-12-10-22(11-13-24)20-33-17-15-32(2)16-18-33/h19,21-24H,3-18,20H2,1-2H3,(H,29,30,31). The van der Waals surface area contributed by atoms with Crippen LogP contribution in [0.5, 0.6) is 0 Å². The summed E-state index contributed by atoms with van der Waals surface area (Å²) in [5, 5.41) is 3.46. The molecule has 3 aliphatic rings. The number of likely N-dealkylation sites (N-methyl/N-ethyl adjacent to an activating group) is 1. The molecule has 2 aliphatic carbocycles. The van der Waals surface area contributed by atoms with Crippen LogP contribution in [0.4, 0.5) is 5.95 Å². The first-order chi connectivity index (χ1) is 16.7. The lowest BCUT2D eigenvalue weighted by atomic mass is 9.84. The molecule has 6 heteroatoms. The Morgan fingerprint density at radius 2 is 1.74 bits per heavy atom. The highest BCUT2D eigenvalue weighted by atomic mass is 15.2. The molecule has 34 heavy (non-hydrogen) atoms. The molecule has 6 nitrogen and oxygen atoms in total. The smallest absolute Gasteiger partial charge is 0.223 e. The average Bonchev–Trinajstić information content (AvgIpc) is 3.25. The predicted octanol–water partition coefficient (Wildman–Crippen LogP) is 5.67. The van der Waals surface area contributed by atoms with Crippen LogP contribution in [-0.4, -0.2) is 70.7 Å². The lowest BCUT2D eigenvalue weighted by Gasteiger charge is -2.37. The van der Waals surface area contributed by atoms with Crippen LogP contribution in [0, 0.1) is 5.92 Å². The van der Waals surface area contributed by atoms with Crippen molar-refractivity contribution in [3.63, 3.8) is 0 Å². The lowest BCUT2D eigenvalue weighted by molar-refractivity contribution is 0.120. The highest BCUT2D eigenvalue weighted by Crippen LogP contribution is 2.40. The van der Waals surface area contributed by atoms with Gasteiger partial charge in [0.1, 0.15) is 0 Å². The predicted molar refractivity (Wildman–Crippen MR) is 142 cm³/mol. The molecule has 3 fully saturated rings. The number of nitrogens with zero attached hydrogens (tertiary/aromatic N) is 5. The van der Waals surface area contributed by atoms with Gasteiger partial charge < -0.3 is 19.7 Å². The number of aromatic nitrogens is 3. The molecule has 0 unspecified atom stereocenters. The maximum absolute atomic E-state index is 5.08. The summed E-state index contributed by atoms with van der Waals surface area (Å²) in [7, 11) is 2.25. The monoisotopic (exact) mass is 466 g/mol. The Morgan fingerprint density at radius 3 is 2.47 bits per heavy atom. The number of piperazine rings is 1. The van der Waals surface area contributed by atoms with Crippen molar-refractivity contribution in [1.82, 2.24) is 24.3 Å². The van der Waals surface area contributed by atoms with Crippen molar-refractivity contribution >= 4 is 17.0 Å². The second-order valence-corrected chi connectivity index (χ2v) is 11.3. The molecule has 1 saturated heterocycles. The number of anilines is 1. The van der Waals surface area contributed by atoms with Crippen LogP contribution in [0.2, 0.25) is 0 Å². The van der Waals surface area contributed by atoms with Crippen molar-refractivity contribution < 1.29 is 0 Å². The molecule has 2 saturated carbocycles. The fourth-order valence-corrected chi connectivity index (χ4v) is 6.54. The number of nitrogens with one attached hydrogen (secondary N) is 1. The molecule has 0 radical (unpaired) electrons. The van der Waals surface area contributed by atoms with Crippen LogP contribution in [-0.2, 0) is 0 Å². The van der Waals surface area contributed by atoms with Gasteiger partial charge in [0.2, 0.25) is 5.95 Å². The first-order valence-electron chi connectivity index (χ1n) is 14.2. The number of hydrogen-bond acceptors (Lipinski definition) is 5. The molecule has 2 aromatic heterocycles. The molecule has 2 aromatic rings. The van der Waals surface area contributed by atoms with E-state index in [1.54, 1.807) is 0 Å². The molecule has 0 spiro atoms. The van der Waals surface area contributed by atoms with Gasteiger partial charge in [-0.05, 0) is 69.4 Å². The molecule has 5 rings (SSSR count). The maximum atomic E-state index is 5.08. The molecule has 0 amide bonds. The van der Waals surface area contributed by atoms with Crippen molar-refractivity contribution in [3.8, 4) is 0 Å². The van der Waals surface area contributed by atoms with Gasteiger partial charge in [0.05, 0.1) is 17.2 Å². The zero-order valence-corrected chi connectivity index (χ0v) is 21.6. The minimum absolute atomic E-state index is 0.603. The third-order valence-electron chi connectivity index (χ3n) is 8.78. The minimum atomic E-state index is 0.603. The minimum Gasteiger partial charge on any atom is -0.354 e. The van der Waals surface area contributed by atoms with E-state index in [1.807, 2.05) is 0 Å². The molecule has 0 aromatic carbocycles. The number of rotatable bonds is 8. The zero-order valence-electron chi connectivity index (χ0n) is 21.6. The van der Waals surface area contributed by atoms with Gasteiger partial charge in [0.15, 0.2) is 0 Å². The van der Waals surface area contributed by atoms with Crippen LogP contribution in [0.15, 0.2) is 12.4 Å². The van der Waals surface area contributed by atoms with Crippen molar-refractivity contribution in [2.24, 2.45) is 5.92 Å². The van der Waals surface area contributed by atoms with Gasteiger partial charge in [-0.2, -0.15) is 0 Å². The van der Waals surface area contributed by atoms with E-state index in [0.29, 0.717) is 12.0 Å². The summed E-state index contributed by atoms with van der Waals surface area (Å²) in [4.78, 5) is 15.0. The van der Waals surface area contributed by atoms with Crippen molar-refractivity contribution in [2.75, 3.05) is 51.6 Å². The summed E-state index contributed by atoms with van der Waals surface area (Å²) in [6, 6.07) is 0.603. The van der Waals surface area contributed by atoms with E-state index in [9.17, 15) is 0 Å². The molecule has 0 bridgehead atoms. The molecular formula is C28H46N6. The zero-order chi connectivity index (χ0) is 23.3. The van der Waals surface area contributed by atoms with Gasteiger partial charge in [-0.1, -0.05) is 32.6 Å². The average molecular weight is 467 g/mol. The van der Waals surface area contributed by atoms with Gasteiger partial charge in [-0.3, -0.25) is 0 Å². The summed E-state index contributed by atoms with van der Waals surface area (Å²) in [5.74, 6) is 2.35. The fraction of sp³-hybridized carbons (Fsp3) is 0.786. The Bertz CT molecular complexity index is 901. The van der Waals surface area contributed by atoms with E-state index in [1.165, 1.54) is 114 Å². The van der Waals surface area contributed by atoms with Gasteiger partial charge in [0.25, 0.3) is 0 Å². The third kappa shape index (κ3) is 5.59. The highest BCUT2D eigenvalue weighted by molar-refractivity contribution is 5.81. The van der Waals surface area contributed by atoms with E-state index in [2.05, 4.69) is 46.0 Å². The van der Waals surface area contributed by atoms with Crippen molar-refractivity contribution in [2.45, 2.75) is 89.5 Å². The number of fused-ring (bicyclic) bond motifs is 1. The van der Waals surface area contributed by atoms with Gasteiger partial charge in [0, 0.05) is 51.5 Å². The topological polar surface area (TPSA) is 49.2 Å². The van der Waals surface area contributed by atoms with Crippen LogP contribution < -0.4 is 5.32 Å². The van der Waals surface area contributed by atoms with E-state index >= 15 is 0 Å². The van der Waals surface area contributed by atoms with Gasteiger partial charge >= 0.3 is 0 Å². The second kappa shape index (κ2) is 11.4. The maximum Gasteiger partial charge on any atom is 0.223 e. The van der Waals surface area contributed by atoms with E-state index in [0.717, 1.165) is 24.8 Å². The molecule has 1 N–H and O–H groups in total. The van der Waals surface area contributed by atoms with Crippen LogP contribution in [0.1, 0.15) is 95.1 Å². The molecule has 0 atom stereocenters. The third-order valence-corrected chi connectivity index (χ3v) is 8.78. The molecule has 1 aliphatic heterocycles. The Kier molecular flexibility index (Phi) is 8.05. The summed E-state index contributed by atoms with van der Waals surface area (Å²) >= 11 is 0. The number of hydrogen-bond donors (Lipinski definition) is 1. The summed E-state index contributed by atoms with van der Waals surface area (Å²) < 4.78 is 2.58.